The van der Waals surface area contributed by atoms with E-state index in [1.807, 2.05) is 38.1 Å². The first kappa shape index (κ1) is 34.1. The minimum absolute atomic E-state index is 0.121. The van der Waals surface area contributed by atoms with Crippen LogP contribution in [-0.2, 0) is 23.8 Å². The number of amides is 3. The SMILES string of the molecule is CC(C)C(NC(=O)NC(C)(C)OC(=O)OCOC(=O)CC(O)CN)C(=O)N1CCC(c2ccc(Cl)cc2)C(C)(C)C1. The number of hydrogen-bond acceptors (Lipinski definition) is 9. The molecule has 2 rings (SSSR count). The average Bonchev–Trinajstić information content (AvgIpc) is 2.86. The van der Waals surface area contributed by atoms with Gasteiger partial charge in [0.25, 0.3) is 0 Å². The summed E-state index contributed by atoms with van der Waals surface area (Å²) in [6.07, 6.45) is -1.85. The molecule has 41 heavy (non-hydrogen) atoms. The maximum atomic E-state index is 13.6. The number of piperidine rings is 1. The van der Waals surface area contributed by atoms with Gasteiger partial charge >= 0.3 is 18.2 Å². The van der Waals surface area contributed by atoms with Crippen molar-refractivity contribution < 1.29 is 38.5 Å². The number of carbonyl (C=O) groups is 4. The molecule has 0 aliphatic carbocycles. The number of urea groups is 1. The minimum Gasteiger partial charge on any atom is -0.428 e. The number of aliphatic hydroxyl groups excluding tert-OH is 1. The minimum atomic E-state index is -1.52. The van der Waals surface area contributed by atoms with Gasteiger partial charge in [0.2, 0.25) is 12.7 Å². The highest BCUT2D eigenvalue weighted by Crippen LogP contribution is 2.42. The van der Waals surface area contributed by atoms with E-state index in [1.54, 1.807) is 4.90 Å². The van der Waals surface area contributed by atoms with E-state index in [-0.39, 0.29) is 36.1 Å². The van der Waals surface area contributed by atoms with Crippen molar-refractivity contribution in [3.8, 4) is 0 Å². The molecule has 1 heterocycles. The van der Waals surface area contributed by atoms with Crippen LogP contribution in [-0.4, -0.2) is 78.4 Å². The van der Waals surface area contributed by atoms with Crippen LogP contribution in [0.3, 0.4) is 0 Å². The lowest BCUT2D eigenvalue weighted by Crippen LogP contribution is -2.59. The Balaban J connectivity index is 1.91. The van der Waals surface area contributed by atoms with Crippen LogP contribution in [0.4, 0.5) is 9.59 Å². The fraction of sp³-hybridized carbons (Fsp3) is 0.643. The summed E-state index contributed by atoms with van der Waals surface area (Å²) >= 11 is 6.06. The molecular formula is C28H43ClN4O8. The van der Waals surface area contributed by atoms with Crippen molar-refractivity contribution in [3.05, 3.63) is 34.9 Å². The number of nitrogens with zero attached hydrogens (tertiary/aromatic N) is 1. The summed E-state index contributed by atoms with van der Waals surface area (Å²) in [4.78, 5) is 51.7. The van der Waals surface area contributed by atoms with Crippen LogP contribution < -0.4 is 16.4 Å². The van der Waals surface area contributed by atoms with Crippen molar-refractivity contribution in [1.29, 1.82) is 0 Å². The third kappa shape index (κ3) is 10.7. The van der Waals surface area contributed by atoms with Crippen molar-refractivity contribution in [3.63, 3.8) is 0 Å². The molecule has 1 aromatic rings. The Morgan fingerprint density at radius 2 is 1.80 bits per heavy atom. The fourth-order valence-electron chi connectivity index (χ4n) is 4.76. The van der Waals surface area contributed by atoms with Gasteiger partial charge in [-0.25, -0.2) is 9.59 Å². The van der Waals surface area contributed by atoms with E-state index in [0.717, 1.165) is 6.42 Å². The third-order valence-corrected chi connectivity index (χ3v) is 7.11. The van der Waals surface area contributed by atoms with E-state index in [2.05, 4.69) is 29.2 Å². The monoisotopic (exact) mass is 598 g/mol. The van der Waals surface area contributed by atoms with Gasteiger partial charge in [-0.1, -0.05) is 51.4 Å². The molecule has 3 amide bonds. The van der Waals surface area contributed by atoms with Gasteiger partial charge in [0, 0.05) is 24.7 Å². The number of benzene rings is 1. The Kier molecular flexibility index (Phi) is 12.2. The first-order valence-electron chi connectivity index (χ1n) is 13.6. The Hall–Kier alpha value is -3.09. The molecule has 1 aromatic carbocycles. The fourth-order valence-corrected chi connectivity index (χ4v) is 4.89. The first-order chi connectivity index (χ1) is 19.0. The Labute approximate surface area is 246 Å². The molecule has 3 unspecified atom stereocenters. The van der Waals surface area contributed by atoms with Crippen LogP contribution >= 0.6 is 11.6 Å². The van der Waals surface area contributed by atoms with Crippen LogP contribution in [0.15, 0.2) is 24.3 Å². The molecule has 1 fully saturated rings. The molecule has 230 valence electrons. The zero-order chi connectivity index (χ0) is 31.0. The van der Waals surface area contributed by atoms with Gasteiger partial charge in [0.1, 0.15) is 6.04 Å². The van der Waals surface area contributed by atoms with E-state index >= 15 is 0 Å². The number of halogens is 1. The summed E-state index contributed by atoms with van der Waals surface area (Å²) in [5.74, 6) is -0.977. The van der Waals surface area contributed by atoms with Crippen molar-refractivity contribution >= 4 is 35.7 Å². The first-order valence-corrected chi connectivity index (χ1v) is 13.9. The standard InChI is InChI=1S/C28H43ClN4O8/c1-17(2)23(24(36)33-12-11-21(27(3,4)15-33)18-7-9-19(29)10-8-18)31-25(37)32-28(5,6)41-26(38)40-16-39-22(35)13-20(34)14-30/h7-10,17,20-21,23,34H,11-16,30H2,1-6H3,(H2,31,32,37). The zero-order valence-electron chi connectivity index (χ0n) is 24.6. The summed E-state index contributed by atoms with van der Waals surface area (Å²) in [6.45, 7) is 10.9. The van der Waals surface area contributed by atoms with Gasteiger partial charge in [-0.05, 0) is 55.2 Å². The molecule has 1 aliphatic heterocycles. The van der Waals surface area contributed by atoms with Gasteiger partial charge in [0.15, 0.2) is 5.72 Å². The van der Waals surface area contributed by atoms with Gasteiger partial charge in [-0.15, -0.1) is 0 Å². The number of hydrogen-bond donors (Lipinski definition) is 4. The lowest BCUT2D eigenvalue weighted by atomic mass is 9.70. The van der Waals surface area contributed by atoms with E-state index in [9.17, 15) is 24.3 Å². The number of aliphatic hydroxyl groups is 1. The van der Waals surface area contributed by atoms with Gasteiger partial charge in [-0.2, -0.15) is 0 Å². The molecule has 1 aliphatic rings. The molecule has 0 bridgehead atoms. The quantitative estimate of drug-likeness (QED) is 0.221. The number of carbonyl (C=O) groups excluding carboxylic acids is 4. The predicted octanol–water partition coefficient (Wildman–Crippen LogP) is 3.11. The Morgan fingerprint density at radius 1 is 1.17 bits per heavy atom. The molecule has 0 aromatic heterocycles. The lowest BCUT2D eigenvalue weighted by molar-refractivity contribution is -0.156. The highest BCUT2D eigenvalue weighted by molar-refractivity contribution is 6.30. The smallest absolute Gasteiger partial charge is 0.428 e. The van der Waals surface area contributed by atoms with Crippen molar-refractivity contribution in [2.24, 2.45) is 17.1 Å². The molecule has 3 atom stereocenters. The molecule has 13 heteroatoms. The number of nitrogens with two attached hydrogens (primary N) is 1. The van der Waals surface area contributed by atoms with Gasteiger partial charge < -0.3 is 40.6 Å². The van der Waals surface area contributed by atoms with Crippen LogP contribution in [0.2, 0.25) is 5.02 Å². The number of rotatable bonds is 11. The van der Waals surface area contributed by atoms with Crippen molar-refractivity contribution in [2.75, 3.05) is 26.4 Å². The summed E-state index contributed by atoms with van der Waals surface area (Å²) < 4.78 is 14.5. The largest absolute Gasteiger partial charge is 0.513 e. The summed E-state index contributed by atoms with van der Waals surface area (Å²) in [5, 5.41) is 15.2. The maximum absolute atomic E-state index is 13.6. The lowest BCUT2D eigenvalue weighted by Gasteiger charge is -2.45. The second-order valence-electron chi connectivity index (χ2n) is 11.7. The van der Waals surface area contributed by atoms with Crippen LogP contribution in [0.25, 0.3) is 0 Å². The highest BCUT2D eigenvalue weighted by atomic mass is 35.5. The zero-order valence-corrected chi connectivity index (χ0v) is 25.3. The Morgan fingerprint density at radius 3 is 2.37 bits per heavy atom. The average molecular weight is 599 g/mol. The molecule has 5 N–H and O–H groups in total. The number of ether oxygens (including phenoxy) is 3. The number of esters is 1. The van der Waals surface area contributed by atoms with Crippen LogP contribution in [0.1, 0.15) is 65.9 Å². The van der Waals surface area contributed by atoms with E-state index in [4.69, 9.17) is 26.8 Å². The van der Waals surface area contributed by atoms with Crippen molar-refractivity contribution in [1.82, 2.24) is 15.5 Å². The second kappa shape index (κ2) is 14.7. The molecule has 12 nitrogen and oxygen atoms in total. The maximum Gasteiger partial charge on any atom is 0.513 e. The molecule has 1 saturated heterocycles. The van der Waals surface area contributed by atoms with Crippen molar-refractivity contribution in [2.45, 2.75) is 78.2 Å². The number of nitrogens with one attached hydrogen (secondary N) is 2. The van der Waals surface area contributed by atoms with Gasteiger partial charge in [0.05, 0.1) is 12.5 Å². The summed E-state index contributed by atoms with van der Waals surface area (Å²) in [7, 11) is 0. The normalized spacial score (nSPS) is 18.2. The van der Waals surface area contributed by atoms with Gasteiger partial charge in [-0.3, -0.25) is 9.59 Å². The van der Waals surface area contributed by atoms with E-state index in [1.165, 1.54) is 19.4 Å². The molecular weight excluding hydrogens is 556 g/mol. The molecule has 0 radical (unpaired) electrons. The second-order valence-corrected chi connectivity index (χ2v) is 12.1. The summed E-state index contributed by atoms with van der Waals surface area (Å²) in [5.41, 5.74) is 4.66. The van der Waals surface area contributed by atoms with E-state index in [0.29, 0.717) is 18.1 Å². The highest BCUT2D eigenvalue weighted by Gasteiger charge is 2.41. The third-order valence-electron chi connectivity index (χ3n) is 6.86. The molecule has 0 saturated carbocycles. The van der Waals surface area contributed by atoms with E-state index < -0.39 is 42.8 Å². The predicted molar refractivity (Wildman–Crippen MR) is 152 cm³/mol. The van der Waals surface area contributed by atoms with Crippen LogP contribution in [0.5, 0.6) is 0 Å². The molecule has 0 spiro atoms. The number of likely N-dealkylation sites (tertiary alicyclic amines) is 1. The topological polar surface area (TPSA) is 170 Å². The Bertz CT molecular complexity index is 1060. The summed E-state index contributed by atoms with van der Waals surface area (Å²) in [6, 6.07) is 6.26. The van der Waals surface area contributed by atoms with Crippen LogP contribution in [0, 0.1) is 11.3 Å².